The van der Waals surface area contributed by atoms with Crippen LogP contribution in [0.25, 0.3) is 5.57 Å². The van der Waals surface area contributed by atoms with Gasteiger partial charge in [0.1, 0.15) is 10.8 Å². The third kappa shape index (κ3) is 4.51. The van der Waals surface area contributed by atoms with Crippen LogP contribution in [0.15, 0.2) is 35.9 Å². The summed E-state index contributed by atoms with van der Waals surface area (Å²) in [6, 6.07) is 4.50. The van der Waals surface area contributed by atoms with E-state index in [0.29, 0.717) is 18.5 Å². The molecule has 1 heterocycles. The number of allylic oxidation sites excluding steroid dienone is 3. The Morgan fingerprint density at radius 2 is 2.18 bits per heavy atom. The van der Waals surface area contributed by atoms with Crippen LogP contribution >= 0.6 is 22.9 Å². The summed E-state index contributed by atoms with van der Waals surface area (Å²) < 4.78 is 13.7. The van der Waals surface area contributed by atoms with Gasteiger partial charge in [-0.2, -0.15) is 0 Å². The number of nitrogens with zero attached hydrogens (tertiary/aromatic N) is 1. The van der Waals surface area contributed by atoms with Gasteiger partial charge < -0.3 is 10.6 Å². The molecule has 0 bridgehead atoms. The van der Waals surface area contributed by atoms with Crippen molar-refractivity contribution >= 4 is 34.4 Å². The molecule has 2 N–H and O–H groups in total. The molecule has 1 unspecified atom stereocenters. The fourth-order valence-electron chi connectivity index (χ4n) is 3.16. The first-order valence-electron chi connectivity index (χ1n) is 9.19. The molecule has 1 aromatic heterocycles. The Balaban J connectivity index is 1.68. The zero-order valence-electron chi connectivity index (χ0n) is 16.1. The maximum Gasteiger partial charge on any atom is 0.248 e. The van der Waals surface area contributed by atoms with Crippen LogP contribution in [0.3, 0.4) is 0 Å². The van der Waals surface area contributed by atoms with E-state index in [0.717, 1.165) is 28.3 Å². The van der Waals surface area contributed by atoms with E-state index in [2.05, 4.69) is 22.5 Å². The number of aromatic nitrogens is 1. The molecule has 0 spiro atoms. The van der Waals surface area contributed by atoms with Gasteiger partial charge >= 0.3 is 0 Å². The molecule has 1 aromatic carbocycles. The van der Waals surface area contributed by atoms with Crippen LogP contribution in [0.2, 0.25) is 5.02 Å². The summed E-state index contributed by atoms with van der Waals surface area (Å²) in [5.74, 6) is -0.593. The third-order valence-electron chi connectivity index (χ3n) is 4.69. The van der Waals surface area contributed by atoms with Gasteiger partial charge in [0.05, 0.1) is 16.8 Å². The van der Waals surface area contributed by atoms with Crippen molar-refractivity contribution in [1.29, 1.82) is 0 Å². The molecule has 0 aliphatic heterocycles. The summed E-state index contributed by atoms with van der Waals surface area (Å²) in [5, 5.41) is 7.20. The van der Waals surface area contributed by atoms with Crippen molar-refractivity contribution in [2.45, 2.75) is 32.7 Å². The molecule has 1 aliphatic rings. The Bertz CT molecular complexity index is 951. The average Bonchev–Trinajstić information content (AvgIpc) is 3.30. The Hall–Kier alpha value is -2.02. The molecule has 0 saturated carbocycles. The highest BCUT2D eigenvalue weighted by Gasteiger charge is 2.23. The van der Waals surface area contributed by atoms with Gasteiger partial charge in [-0.05, 0) is 43.7 Å². The number of rotatable bonds is 7. The van der Waals surface area contributed by atoms with Crippen LogP contribution in [0, 0.1) is 12.7 Å². The Morgan fingerprint density at radius 3 is 2.82 bits per heavy atom. The van der Waals surface area contributed by atoms with Crippen molar-refractivity contribution in [3.8, 4) is 0 Å². The molecule has 0 fully saturated rings. The first-order chi connectivity index (χ1) is 13.4. The summed E-state index contributed by atoms with van der Waals surface area (Å²) in [6.45, 7) is 4.70. The van der Waals surface area contributed by atoms with Gasteiger partial charge in [-0.25, -0.2) is 9.37 Å². The van der Waals surface area contributed by atoms with Crippen LogP contribution < -0.4 is 10.6 Å². The summed E-state index contributed by atoms with van der Waals surface area (Å²) in [5.41, 5.74) is 3.29. The second-order valence-electron chi connectivity index (χ2n) is 6.69. The van der Waals surface area contributed by atoms with Crippen molar-refractivity contribution in [3.05, 3.63) is 67.9 Å². The first kappa shape index (κ1) is 20.7. The standard InChI is InChI=1S/C21H23ClFN3OS/c1-4-19-12(2)25-21(28-19)18(11-24-3)26-20(27)15-6-5-13(9-15)14-7-8-16(22)17(23)10-14/h5-8,10,18,24H,4,9,11H2,1-3H3,(H,26,27). The van der Waals surface area contributed by atoms with Gasteiger partial charge in [0, 0.05) is 23.4 Å². The Labute approximate surface area is 173 Å². The van der Waals surface area contributed by atoms with E-state index in [1.807, 2.05) is 20.0 Å². The Morgan fingerprint density at radius 1 is 1.39 bits per heavy atom. The van der Waals surface area contributed by atoms with Gasteiger partial charge in [0.2, 0.25) is 5.91 Å². The predicted molar refractivity (Wildman–Crippen MR) is 113 cm³/mol. The minimum atomic E-state index is -0.460. The van der Waals surface area contributed by atoms with Crippen LogP contribution in [0.5, 0.6) is 0 Å². The van der Waals surface area contributed by atoms with Crippen molar-refractivity contribution in [2.24, 2.45) is 0 Å². The molecule has 3 rings (SSSR count). The summed E-state index contributed by atoms with van der Waals surface area (Å²) in [7, 11) is 1.85. The van der Waals surface area contributed by atoms with Gasteiger partial charge in [-0.1, -0.05) is 36.7 Å². The van der Waals surface area contributed by atoms with E-state index in [1.54, 1.807) is 23.5 Å². The van der Waals surface area contributed by atoms with E-state index >= 15 is 0 Å². The van der Waals surface area contributed by atoms with E-state index in [4.69, 9.17) is 11.6 Å². The van der Waals surface area contributed by atoms with Gasteiger partial charge in [0.25, 0.3) is 0 Å². The second-order valence-corrected chi connectivity index (χ2v) is 8.21. The topological polar surface area (TPSA) is 54.0 Å². The van der Waals surface area contributed by atoms with Crippen molar-refractivity contribution in [2.75, 3.05) is 13.6 Å². The maximum atomic E-state index is 13.7. The normalized spacial score (nSPS) is 14.6. The fourth-order valence-corrected chi connectivity index (χ4v) is 4.33. The molecule has 1 amide bonds. The number of amides is 1. The molecule has 28 heavy (non-hydrogen) atoms. The van der Waals surface area contributed by atoms with E-state index in [1.165, 1.54) is 17.0 Å². The molecule has 0 saturated heterocycles. The number of nitrogens with one attached hydrogen (secondary N) is 2. The number of thiazole rings is 1. The van der Waals surface area contributed by atoms with Crippen LogP contribution in [-0.4, -0.2) is 24.5 Å². The monoisotopic (exact) mass is 419 g/mol. The Kier molecular flexibility index (Phi) is 6.65. The number of carbonyl (C=O) groups excluding carboxylic acids is 1. The molecule has 1 aliphatic carbocycles. The lowest BCUT2D eigenvalue weighted by atomic mass is 10.0. The number of likely N-dealkylation sites (N-methyl/N-ethyl adjacent to an activating group) is 1. The molecule has 1 atom stereocenters. The highest BCUT2D eigenvalue weighted by atomic mass is 35.5. The average molecular weight is 420 g/mol. The number of aryl methyl sites for hydroxylation is 2. The molecule has 7 heteroatoms. The third-order valence-corrected chi connectivity index (χ3v) is 6.41. The van der Waals surface area contributed by atoms with Crippen LogP contribution in [-0.2, 0) is 11.2 Å². The van der Waals surface area contributed by atoms with Crippen molar-refractivity contribution in [3.63, 3.8) is 0 Å². The van der Waals surface area contributed by atoms with E-state index in [9.17, 15) is 9.18 Å². The minimum absolute atomic E-state index is 0.0911. The summed E-state index contributed by atoms with van der Waals surface area (Å²) >= 11 is 7.39. The van der Waals surface area contributed by atoms with E-state index in [-0.39, 0.29) is 17.0 Å². The summed E-state index contributed by atoms with van der Waals surface area (Å²) in [6.07, 6.45) is 5.03. The van der Waals surface area contributed by atoms with Crippen molar-refractivity contribution < 1.29 is 9.18 Å². The zero-order chi connectivity index (χ0) is 20.3. The zero-order valence-corrected chi connectivity index (χ0v) is 17.7. The highest BCUT2D eigenvalue weighted by molar-refractivity contribution is 7.11. The number of hydrogen-bond acceptors (Lipinski definition) is 4. The smallest absolute Gasteiger partial charge is 0.248 e. The fraction of sp³-hybridized carbons (Fsp3) is 0.333. The minimum Gasteiger partial charge on any atom is -0.342 e. The number of benzene rings is 1. The molecule has 4 nitrogen and oxygen atoms in total. The number of hydrogen-bond donors (Lipinski definition) is 2. The molecule has 2 aromatic rings. The predicted octanol–water partition coefficient (Wildman–Crippen LogP) is 4.60. The van der Waals surface area contributed by atoms with Gasteiger partial charge in [0.15, 0.2) is 0 Å². The summed E-state index contributed by atoms with van der Waals surface area (Å²) in [4.78, 5) is 18.7. The number of carbonyl (C=O) groups is 1. The van der Waals surface area contributed by atoms with Crippen LogP contribution in [0.1, 0.15) is 40.5 Å². The highest BCUT2D eigenvalue weighted by Crippen LogP contribution is 2.31. The first-order valence-corrected chi connectivity index (χ1v) is 10.4. The largest absolute Gasteiger partial charge is 0.342 e. The van der Waals surface area contributed by atoms with Gasteiger partial charge in [-0.3, -0.25) is 4.79 Å². The lowest BCUT2D eigenvalue weighted by molar-refractivity contribution is -0.118. The lowest BCUT2D eigenvalue weighted by Crippen LogP contribution is -2.35. The van der Waals surface area contributed by atoms with Crippen LogP contribution in [0.4, 0.5) is 4.39 Å². The van der Waals surface area contributed by atoms with E-state index < -0.39 is 5.82 Å². The molecule has 0 radical (unpaired) electrons. The maximum absolute atomic E-state index is 13.7. The lowest BCUT2D eigenvalue weighted by Gasteiger charge is -2.17. The molecular weight excluding hydrogens is 397 g/mol. The molecule has 148 valence electrons. The quantitative estimate of drug-likeness (QED) is 0.689. The van der Waals surface area contributed by atoms with Crippen molar-refractivity contribution in [1.82, 2.24) is 15.6 Å². The molecular formula is C21H23ClFN3OS. The second kappa shape index (κ2) is 8.99. The van der Waals surface area contributed by atoms with Gasteiger partial charge in [-0.15, -0.1) is 11.3 Å². The number of halogens is 2. The SMILES string of the molecule is CCc1sc(C(CNC)NC(=O)C2=CC=C(c3ccc(Cl)c(F)c3)C2)nc1C.